The smallest absolute Gasteiger partial charge is 0.410 e. The lowest BCUT2D eigenvalue weighted by atomic mass is 9.72. The van der Waals surface area contributed by atoms with E-state index in [1.165, 1.54) is 6.07 Å². The SMILES string of the molecule is Cc1cc(Nc2cc(Cl)c(F)c(C[C@@]3(C(=O)OC(C)(C)C)CCN(C(=O)OC(C)(C)C)[C@H](C)C3)n2)nn1C(C)(C)C. The maximum atomic E-state index is 15.5. The van der Waals surface area contributed by atoms with Crippen LogP contribution in [0.1, 0.15) is 93.5 Å². The van der Waals surface area contributed by atoms with Crippen molar-refractivity contribution in [2.45, 2.75) is 118 Å². The zero-order valence-electron chi connectivity index (χ0n) is 26.2. The van der Waals surface area contributed by atoms with Crippen molar-refractivity contribution in [2.24, 2.45) is 5.41 Å². The maximum absolute atomic E-state index is 15.5. The molecule has 228 valence electrons. The Labute approximate surface area is 248 Å². The highest BCUT2D eigenvalue weighted by Crippen LogP contribution is 2.42. The predicted molar refractivity (Wildman–Crippen MR) is 158 cm³/mol. The number of likely N-dealkylation sites (tertiary alicyclic amines) is 1. The van der Waals surface area contributed by atoms with E-state index in [-0.39, 0.29) is 48.1 Å². The van der Waals surface area contributed by atoms with Gasteiger partial charge in [0.05, 0.1) is 21.7 Å². The number of esters is 1. The molecule has 2 aromatic rings. The van der Waals surface area contributed by atoms with Crippen LogP contribution >= 0.6 is 11.6 Å². The summed E-state index contributed by atoms with van der Waals surface area (Å²) in [6, 6.07) is 2.91. The zero-order chi connectivity index (χ0) is 31.1. The van der Waals surface area contributed by atoms with Gasteiger partial charge in [0, 0.05) is 36.8 Å². The number of aromatic nitrogens is 3. The van der Waals surface area contributed by atoms with E-state index >= 15 is 4.39 Å². The molecule has 1 aliphatic heterocycles. The van der Waals surface area contributed by atoms with Crippen LogP contribution in [0.3, 0.4) is 0 Å². The van der Waals surface area contributed by atoms with Crippen molar-refractivity contribution in [2.75, 3.05) is 11.9 Å². The molecule has 0 bridgehead atoms. The Balaban J connectivity index is 1.96. The molecule has 1 amide bonds. The number of ether oxygens (including phenoxy) is 2. The monoisotopic (exact) mass is 593 g/mol. The van der Waals surface area contributed by atoms with E-state index in [1.807, 2.05) is 45.4 Å². The standard InChI is InChI=1S/C30H45ClFN5O4/c1-18-14-23(35-37(18)27(3,4)5)34-22-15-20(31)24(32)21(33-22)17-30(25(38)40-28(6,7)8)12-13-36(19(2)16-30)26(39)41-29(9,10)11/h14-15,19H,12-13,16-17H2,1-11H3,(H,33,34,35)/t19-,30-/m1/s1. The summed E-state index contributed by atoms with van der Waals surface area (Å²) < 4.78 is 28.8. The highest BCUT2D eigenvalue weighted by atomic mass is 35.5. The Hall–Kier alpha value is -2.88. The molecule has 3 heterocycles. The van der Waals surface area contributed by atoms with Crippen LogP contribution < -0.4 is 5.32 Å². The number of pyridine rings is 1. The highest BCUT2D eigenvalue weighted by Gasteiger charge is 2.49. The van der Waals surface area contributed by atoms with Crippen LogP contribution in [0, 0.1) is 18.2 Å². The minimum absolute atomic E-state index is 0.0377. The first-order valence-electron chi connectivity index (χ1n) is 14.0. The van der Waals surface area contributed by atoms with E-state index in [4.69, 9.17) is 21.1 Å². The van der Waals surface area contributed by atoms with Gasteiger partial charge in [-0.15, -0.1) is 0 Å². The molecule has 1 N–H and O–H groups in total. The fraction of sp³-hybridized carbons (Fsp3) is 0.667. The van der Waals surface area contributed by atoms with Crippen molar-refractivity contribution in [3.05, 3.63) is 34.4 Å². The lowest BCUT2D eigenvalue weighted by Gasteiger charge is -2.44. The first-order valence-corrected chi connectivity index (χ1v) is 14.4. The van der Waals surface area contributed by atoms with Crippen molar-refractivity contribution in [1.82, 2.24) is 19.7 Å². The molecule has 1 saturated heterocycles. The number of nitrogens with zero attached hydrogens (tertiary/aromatic N) is 4. The van der Waals surface area contributed by atoms with Gasteiger partial charge in [-0.1, -0.05) is 11.6 Å². The molecule has 1 aliphatic rings. The summed E-state index contributed by atoms with van der Waals surface area (Å²) in [5.74, 6) is -0.307. The molecule has 1 fully saturated rings. The van der Waals surface area contributed by atoms with Crippen LogP contribution in [0.5, 0.6) is 0 Å². The molecular formula is C30H45ClFN5O4. The second kappa shape index (κ2) is 11.4. The van der Waals surface area contributed by atoms with Crippen molar-refractivity contribution in [3.63, 3.8) is 0 Å². The third-order valence-corrected chi connectivity index (χ3v) is 7.05. The maximum Gasteiger partial charge on any atom is 0.410 e. The fourth-order valence-corrected chi connectivity index (χ4v) is 5.34. The Kier molecular flexibility index (Phi) is 9.09. The molecule has 0 radical (unpaired) electrons. The van der Waals surface area contributed by atoms with Gasteiger partial charge in [0.15, 0.2) is 11.6 Å². The summed E-state index contributed by atoms with van der Waals surface area (Å²) in [5, 5.41) is 7.63. The van der Waals surface area contributed by atoms with E-state index < -0.39 is 34.5 Å². The molecule has 0 spiro atoms. The predicted octanol–water partition coefficient (Wildman–Crippen LogP) is 7.17. The van der Waals surface area contributed by atoms with Gasteiger partial charge >= 0.3 is 12.1 Å². The number of rotatable bonds is 5. The number of anilines is 2. The van der Waals surface area contributed by atoms with Crippen molar-refractivity contribution in [3.8, 4) is 0 Å². The first-order chi connectivity index (χ1) is 18.6. The molecule has 0 aromatic carbocycles. The molecule has 9 nitrogen and oxygen atoms in total. The van der Waals surface area contributed by atoms with Gasteiger partial charge < -0.3 is 19.7 Å². The quantitative estimate of drug-likeness (QED) is 0.367. The van der Waals surface area contributed by atoms with Crippen LogP contribution in [0.2, 0.25) is 5.02 Å². The fourth-order valence-electron chi connectivity index (χ4n) is 5.12. The molecule has 0 saturated carbocycles. The third-order valence-electron chi connectivity index (χ3n) is 6.78. The van der Waals surface area contributed by atoms with E-state index in [2.05, 4.69) is 15.4 Å². The summed E-state index contributed by atoms with van der Waals surface area (Å²) in [7, 11) is 0. The second-order valence-corrected chi connectivity index (χ2v) is 14.5. The average molecular weight is 594 g/mol. The summed E-state index contributed by atoms with van der Waals surface area (Å²) in [5.41, 5.74) is -1.79. The van der Waals surface area contributed by atoms with Gasteiger partial charge in [-0.25, -0.2) is 14.2 Å². The van der Waals surface area contributed by atoms with Gasteiger partial charge in [0.2, 0.25) is 0 Å². The van der Waals surface area contributed by atoms with E-state index in [0.717, 1.165) is 5.69 Å². The Morgan fingerprint density at radius 1 is 1.07 bits per heavy atom. The summed E-state index contributed by atoms with van der Waals surface area (Å²) in [6.45, 7) is 21.0. The molecule has 0 unspecified atom stereocenters. The molecular weight excluding hydrogens is 549 g/mol. The van der Waals surface area contributed by atoms with Crippen molar-refractivity contribution in [1.29, 1.82) is 0 Å². The number of piperidine rings is 1. The number of hydrogen-bond donors (Lipinski definition) is 1. The molecule has 0 aliphatic carbocycles. The van der Waals surface area contributed by atoms with Crippen LogP contribution in [-0.4, -0.2) is 55.5 Å². The zero-order valence-corrected chi connectivity index (χ0v) is 27.0. The molecule has 11 heteroatoms. The summed E-state index contributed by atoms with van der Waals surface area (Å²) in [4.78, 5) is 32.8. The van der Waals surface area contributed by atoms with E-state index in [1.54, 1.807) is 46.4 Å². The number of hydrogen-bond acceptors (Lipinski definition) is 7. The summed E-state index contributed by atoms with van der Waals surface area (Å²) in [6.07, 6.45) is -0.0132. The molecule has 3 rings (SSSR count). The van der Waals surface area contributed by atoms with Gasteiger partial charge in [-0.2, -0.15) is 5.10 Å². The largest absolute Gasteiger partial charge is 0.460 e. The van der Waals surface area contributed by atoms with Crippen LogP contribution in [0.4, 0.5) is 20.8 Å². The minimum atomic E-state index is -1.13. The average Bonchev–Trinajstić information content (AvgIpc) is 3.15. The van der Waals surface area contributed by atoms with E-state index in [9.17, 15) is 9.59 Å². The van der Waals surface area contributed by atoms with Crippen LogP contribution in [-0.2, 0) is 26.2 Å². The molecule has 41 heavy (non-hydrogen) atoms. The van der Waals surface area contributed by atoms with E-state index in [0.29, 0.717) is 11.6 Å². The lowest BCUT2D eigenvalue weighted by molar-refractivity contribution is -0.172. The van der Waals surface area contributed by atoms with Crippen molar-refractivity contribution >= 4 is 35.3 Å². The number of amides is 1. The normalized spacial score (nSPS) is 20.1. The van der Waals surface area contributed by atoms with Gasteiger partial charge in [-0.05, 0) is 89.0 Å². The summed E-state index contributed by atoms with van der Waals surface area (Å²) >= 11 is 6.33. The minimum Gasteiger partial charge on any atom is -0.460 e. The van der Waals surface area contributed by atoms with Crippen LogP contribution in [0.25, 0.3) is 0 Å². The second-order valence-electron chi connectivity index (χ2n) is 14.1. The topological polar surface area (TPSA) is 98.6 Å². The van der Waals surface area contributed by atoms with Gasteiger partial charge in [-0.3, -0.25) is 9.48 Å². The van der Waals surface area contributed by atoms with Crippen molar-refractivity contribution < 1.29 is 23.5 Å². The Morgan fingerprint density at radius 3 is 2.20 bits per heavy atom. The number of halogens is 2. The highest BCUT2D eigenvalue weighted by molar-refractivity contribution is 6.31. The first kappa shape index (κ1) is 32.6. The number of nitrogens with one attached hydrogen (secondary N) is 1. The number of aryl methyl sites for hydroxylation is 1. The lowest BCUT2D eigenvalue weighted by Crippen LogP contribution is -2.54. The van der Waals surface area contributed by atoms with Crippen LogP contribution in [0.15, 0.2) is 12.1 Å². The van der Waals surface area contributed by atoms with Gasteiger partial charge in [0.1, 0.15) is 17.0 Å². The third kappa shape index (κ3) is 8.11. The Bertz CT molecular complexity index is 1290. The Morgan fingerprint density at radius 2 is 1.68 bits per heavy atom. The molecule has 2 aromatic heterocycles. The van der Waals surface area contributed by atoms with Gasteiger partial charge in [0.25, 0.3) is 0 Å². The number of carbonyl (C=O) groups is 2. The molecule has 2 atom stereocenters. The number of carbonyl (C=O) groups excluding carboxylic acids is 2.